The number of hydrogen-bond acceptors (Lipinski definition) is 5. The molecule has 0 saturated carbocycles. The summed E-state index contributed by atoms with van der Waals surface area (Å²) in [6.45, 7) is 4.23. The fourth-order valence-electron chi connectivity index (χ4n) is 1.49. The molecule has 2 unspecified atom stereocenters. The van der Waals surface area contributed by atoms with Gasteiger partial charge in [0.2, 0.25) is 15.9 Å². The zero-order chi connectivity index (χ0) is 15.2. The van der Waals surface area contributed by atoms with Crippen LogP contribution in [-0.4, -0.2) is 33.5 Å². The summed E-state index contributed by atoms with van der Waals surface area (Å²) in [7, 11) is -3.47. The molecule has 0 spiro atoms. The minimum absolute atomic E-state index is 0.0952. The van der Waals surface area contributed by atoms with E-state index in [4.69, 9.17) is 5.73 Å². The Bertz CT molecular complexity index is 514. The molecule has 0 aromatic carbocycles. The van der Waals surface area contributed by atoms with Crippen LogP contribution in [0.5, 0.6) is 0 Å². The van der Waals surface area contributed by atoms with E-state index in [0.717, 1.165) is 17.8 Å². The van der Waals surface area contributed by atoms with E-state index >= 15 is 0 Å². The van der Waals surface area contributed by atoms with Crippen LogP contribution in [0.2, 0.25) is 0 Å². The lowest BCUT2D eigenvalue weighted by molar-refractivity contribution is -0.123. The lowest BCUT2D eigenvalue weighted by atomic mass is 9.99. The van der Waals surface area contributed by atoms with E-state index in [2.05, 4.69) is 10.0 Å². The summed E-state index contributed by atoms with van der Waals surface area (Å²) >= 11 is 1.15. The maximum Gasteiger partial charge on any atom is 0.250 e. The van der Waals surface area contributed by atoms with E-state index in [1.165, 1.54) is 6.07 Å². The third-order valence-corrected chi connectivity index (χ3v) is 5.89. The first-order valence-electron chi connectivity index (χ1n) is 6.45. The molecule has 0 saturated heterocycles. The second kappa shape index (κ2) is 7.72. The number of hydrogen-bond donors (Lipinski definition) is 3. The van der Waals surface area contributed by atoms with E-state index in [9.17, 15) is 13.2 Å². The molecule has 1 heterocycles. The van der Waals surface area contributed by atoms with Crippen LogP contribution in [0.15, 0.2) is 21.7 Å². The van der Waals surface area contributed by atoms with Crippen LogP contribution in [0.3, 0.4) is 0 Å². The highest BCUT2D eigenvalue weighted by Gasteiger charge is 2.19. The molecule has 0 fully saturated rings. The number of rotatable bonds is 8. The van der Waals surface area contributed by atoms with Gasteiger partial charge in [-0.15, -0.1) is 11.3 Å². The van der Waals surface area contributed by atoms with Crippen molar-refractivity contribution >= 4 is 27.3 Å². The summed E-state index contributed by atoms with van der Waals surface area (Å²) < 4.78 is 26.3. The normalized spacial score (nSPS) is 14.8. The second-order valence-electron chi connectivity index (χ2n) is 4.53. The first kappa shape index (κ1) is 17.1. The molecule has 8 heteroatoms. The number of carbonyl (C=O) groups excluding carboxylic acids is 1. The fraction of sp³-hybridized carbons (Fsp3) is 0.583. The number of sulfonamides is 1. The Kier molecular flexibility index (Phi) is 6.60. The number of nitrogens with one attached hydrogen (secondary N) is 2. The van der Waals surface area contributed by atoms with Gasteiger partial charge in [-0.3, -0.25) is 4.79 Å². The molecule has 0 aliphatic heterocycles. The van der Waals surface area contributed by atoms with Crippen molar-refractivity contribution in [3.63, 3.8) is 0 Å². The Balaban J connectivity index is 2.34. The van der Waals surface area contributed by atoms with Gasteiger partial charge in [0, 0.05) is 13.1 Å². The van der Waals surface area contributed by atoms with Crippen molar-refractivity contribution < 1.29 is 13.2 Å². The van der Waals surface area contributed by atoms with Gasteiger partial charge in [-0.05, 0) is 17.4 Å². The minimum atomic E-state index is -3.47. The van der Waals surface area contributed by atoms with E-state index in [1.54, 1.807) is 11.4 Å². The van der Waals surface area contributed by atoms with Gasteiger partial charge < -0.3 is 11.1 Å². The molecule has 0 aliphatic rings. The number of carbonyl (C=O) groups is 1. The third-order valence-electron chi connectivity index (χ3n) is 3.04. The van der Waals surface area contributed by atoms with Crippen LogP contribution >= 0.6 is 11.3 Å². The number of amides is 1. The predicted octanol–water partition coefficient (Wildman–Crippen LogP) is 0.516. The number of nitrogens with two attached hydrogens (primary N) is 1. The summed E-state index contributed by atoms with van der Waals surface area (Å²) in [5.74, 6) is -0.160. The first-order valence-corrected chi connectivity index (χ1v) is 8.81. The van der Waals surface area contributed by atoms with Gasteiger partial charge in [-0.25, -0.2) is 13.1 Å². The molecule has 4 N–H and O–H groups in total. The summed E-state index contributed by atoms with van der Waals surface area (Å²) in [4.78, 5) is 11.7. The van der Waals surface area contributed by atoms with Crippen LogP contribution in [-0.2, 0) is 14.8 Å². The molecule has 0 aliphatic carbocycles. The molecule has 6 nitrogen and oxygen atoms in total. The van der Waals surface area contributed by atoms with Crippen molar-refractivity contribution in [1.29, 1.82) is 0 Å². The highest BCUT2D eigenvalue weighted by Crippen LogP contribution is 2.14. The topological polar surface area (TPSA) is 101 Å². The van der Waals surface area contributed by atoms with Crippen LogP contribution in [0, 0.1) is 5.92 Å². The second-order valence-corrected chi connectivity index (χ2v) is 7.47. The summed E-state index contributed by atoms with van der Waals surface area (Å²) in [6, 6.07) is 2.64. The smallest absolute Gasteiger partial charge is 0.250 e. The largest absolute Gasteiger partial charge is 0.353 e. The molecule has 0 bridgehead atoms. The molecule has 1 amide bonds. The highest BCUT2D eigenvalue weighted by molar-refractivity contribution is 7.91. The monoisotopic (exact) mass is 319 g/mol. The molecule has 0 radical (unpaired) electrons. The van der Waals surface area contributed by atoms with E-state index in [0.29, 0.717) is 0 Å². The lowest BCUT2D eigenvalue weighted by Gasteiger charge is -2.17. The maximum atomic E-state index is 11.8. The zero-order valence-corrected chi connectivity index (χ0v) is 13.3. The quantitative estimate of drug-likeness (QED) is 0.608. The average Bonchev–Trinajstić information content (AvgIpc) is 2.96. The summed E-state index contributed by atoms with van der Waals surface area (Å²) in [5, 5.41) is 4.32. The van der Waals surface area contributed by atoms with Crippen LogP contribution < -0.4 is 15.8 Å². The van der Waals surface area contributed by atoms with Gasteiger partial charge in [-0.1, -0.05) is 26.3 Å². The van der Waals surface area contributed by atoms with E-state index in [1.807, 2.05) is 13.8 Å². The molecule has 114 valence electrons. The van der Waals surface area contributed by atoms with Gasteiger partial charge in [0.05, 0.1) is 6.04 Å². The predicted molar refractivity (Wildman–Crippen MR) is 79.9 cm³/mol. The lowest BCUT2D eigenvalue weighted by Crippen LogP contribution is -2.46. The van der Waals surface area contributed by atoms with Gasteiger partial charge >= 0.3 is 0 Å². The van der Waals surface area contributed by atoms with Crippen LogP contribution in [0.4, 0.5) is 0 Å². The van der Waals surface area contributed by atoms with Crippen molar-refractivity contribution in [2.45, 2.75) is 30.5 Å². The van der Waals surface area contributed by atoms with Crippen molar-refractivity contribution in [3.05, 3.63) is 17.5 Å². The molecule has 2 atom stereocenters. The van der Waals surface area contributed by atoms with E-state index < -0.39 is 16.1 Å². The van der Waals surface area contributed by atoms with Crippen molar-refractivity contribution in [1.82, 2.24) is 10.0 Å². The highest BCUT2D eigenvalue weighted by atomic mass is 32.2. The molecular formula is C12H21N3O3S2. The minimum Gasteiger partial charge on any atom is -0.353 e. The Labute approximate surface area is 123 Å². The molecule has 1 rings (SSSR count). The zero-order valence-electron chi connectivity index (χ0n) is 11.6. The Morgan fingerprint density at radius 1 is 1.45 bits per heavy atom. The third kappa shape index (κ3) is 4.86. The van der Waals surface area contributed by atoms with Gasteiger partial charge in [0.1, 0.15) is 4.21 Å². The summed E-state index contributed by atoms with van der Waals surface area (Å²) in [5.41, 5.74) is 5.77. The Morgan fingerprint density at radius 2 is 2.15 bits per heavy atom. The first-order chi connectivity index (χ1) is 9.38. The van der Waals surface area contributed by atoms with Gasteiger partial charge in [-0.2, -0.15) is 0 Å². The Morgan fingerprint density at radius 3 is 2.70 bits per heavy atom. The molecule has 1 aromatic heterocycles. The van der Waals surface area contributed by atoms with Crippen molar-refractivity contribution in [2.24, 2.45) is 11.7 Å². The van der Waals surface area contributed by atoms with Crippen LogP contribution in [0.25, 0.3) is 0 Å². The molecular weight excluding hydrogens is 298 g/mol. The maximum absolute atomic E-state index is 11.8. The van der Waals surface area contributed by atoms with Gasteiger partial charge in [0.25, 0.3) is 0 Å². The molecule has 20 heavy (non-hydrogen) atoms. The fourth-order valence-corrected chi connectivity index (χ4v) is 3.56. The summed E-state index contributed by atoms with van der Waals surface area (Å²) in [6.07, 6.45) is 0.819. The number of thiophene rings is 1. The molecule has 1 aromatic rings. The van der Waals surface area contributed by atoms with E-state index in [-0.39, 0.29) is 29.1 Å². The van der Waals surface area contributed by atoms with Crippen molar-refractivity contribution in [3.8, 4) is 0 Å². The van der Waals surface area contributed by atoms with Gasteiger partial charge in [0.15, 0.2) is 0 Å². The SMILES string of the molecule is CCC(C)C(N)C(=O)NCCNS(=O)(=O)c1cccs1. The van der Waals surface area contributed by atoms with Crippen LogP contribution in [0.1, 0.15) is 20.3 Å². The standard InChI is InChI=1S/C12H21N3O3S2/c1-3-9(2)11(13)12(16)14-6-7-15-20(17,18)10-5-4-8-19-10/h4-5,8-9,11,15H,3,6-7,13H2,1-2H3,(H,14,16). The average molecular weight is 319 g/mol. The van der Waals surface area contributed by atoms with Crippen molar-refractivity contribution in [2.75, 3.05) is 13.1 Å². The Hall–Kier alpha value is -0.960.